The highest BCUT2D eigenvalue weighted by molar-refractivity contribution is 6.25. The molecule has 3 amide bonds. The number of carbonyl (C=O) groups is 3. The smallest absolute Gasteiger partial charge is 0.264 e. The average molecular weight is 493 g/mol. The van der Waals surface area contributed by atoms with Crippen molar-refractivity contribution < 1.29 is 14.4 Å². The third-order valence-electron chi connectivity index (χ3n) is 6.97. The number of amides is 3. The number of hydrogen-bond acceptors (Lipinski definition) is 7. The number of para-hydroxylation sites is 1. The zero-order valence-electron chi connectivity index (χ0n) is 20.1. The van der Waals surface area contributed by atoms with Crippen molar-refractivity contribution in [2.24, 2.45) is 15.4 Å². The van der Waals surface area contributed by atoms with Crippen LogP contribution in [0.5, 0.6) is 0 Å². The van der Waals surface area contributed by atoms with E-state index in [-0.39, 0.29) is 18.5 Å². The molecule has 3 aliphatic heterocycles. The molecule has 0 radical (unpaired) electrons. The Morgan fingerprint density at radius 2 is 1.57 bits per heavy atom. The molecule has 6 rings (SSSR count). The molecule has 3 aliphatic rings. The fourth-order valence-electron chi connectivity index (χ4n) is 5.10. The van der Waals surface area contributed by atoms with Crippen LogP contribution in [0.1, 0.15) is 29.2 Å². The lowest BCUT2D eigenvalue weighted by molar-refractivity contribution is -0.135. The summed E-state index contributed by atoms with van der Waals surface area (Å²) < 4.78 is 0. The van der Waals surface area contributed by atoms with E-state index in [1.807, 2.05) is 79.7 Å². The van der Waals surface area contributed by atoms with Crippen molar-refractivity contribution in [1.82, 2.24) is 10.0 Å². The molecular weight excluding hydrogens is 468 g/mol. The zero-order valence-corrected chi connectivity index (χ0v) is 20.1. The van der Waals surface area contributed by atoms with Gasteiger partial charge in [0, 0.05) is 6.42 Å². The summed E-state index contributed by atoms with van der Waals surface area (Å²) in [5, 5.41) is 15.6. The Morgan fingerprint density at radius 1 is 0.892 bits per heavy atom. The van der Waals surface area contributed by atoms with Crippen LogP contribution in [0.25, 0.3) is 0 Å². The van der Waals surface area contributed by atoms with Crippen molar-refractivity contribution in [1.29, 1.82) is 0 Å². The van der Waals surface area contributed by atoms with Gasteiger partial charge in [0.2, 0.25) is 0 Å². The van der Waals surface area contributed by atoms with E-state index >= 15 is 0 Å². The second-order valence-corrected chi connectivity index (χ2v) is 9.27. The number of hydrogen-bond donors (Lipinski definition) is 0. The number of hydrazone groups is 1. The lowest BCUT2D eigenvalue weighted by Gasteiger charge is -2.25. The van der Waals surface area contributed by atoms with Gasteiger partial charge in [-0.25, -0.2) is 9.91 Å². The van der Waals surface area contributed by atoms with Crippen molar-refractivity contribution >= 4 is 29.1 Å². The first-order valence-electron chi connectivity index (χ1n) is 12.1. The third kappa shape index (κ3) is 3.88. The van der Waals surface area contributed by atoms with Gasteiger partial charge in [0.15, 0.2) is 12.1 Å². The number of rotatable bonds is 5. The second kappa shape index (κ2) is 9.09. The monoisotopic (exact) mass is 492 g/mol. The first kappa shape index (κ1) is 22.8. The highest BCUT2D eigenvalue weighted by Gasteiger charge is 2.55. The molecule has 3 aromatic rings. The molecule has 37 heavy (non-hydrogen) atoms. The number of fused-ring (bicyclic) bond motifs is 1. The van der Waals surface area contributed by atoms with Gasteiger partial charge in [0.25, 0.3) is 17.7 Å². The van der Waals surface area contributed by atoms with Crippen LogP contribution in [-0.2, 0) is 14.4 Å². The second-order valence-electron chi connectivity index (χ2n) is 9.27. The molecule has 184 valence electrons. The zero-order chi connectivity index (χ0) is 25.5. The Bertz CT molecular complexity index is 1440. The molecule has 0 saturated carbocycles. The molecule has 0 unspecified atom stereocenters. The molecule has 3 aromatic carbocycles. The predicted molar refractivity (Wildman–Crippen MR) is 136 cm³/mol. The highest BCUT2D eigenvalue weighted by atomic mass is 16.2. The summed E-state index contributed by atoms with van der Waals surface area (Å²) in [6, 6.07) is 24.5. The van der Waals surface area contributed by atoms with E-state index in [0.717, 1.165) is 27.3 Å². The van der Waals surface area contributed by atoms with Crippen molar-refractivity contribution in [2.45, 2.75) is 31.5 Å². The van der Waals surface area contributed by atoms with E-state index in [9.17, 15) is 14.4 Å². The first-order valence-corrected chi connectivity index (χ1v) is 12.1. The van der Waals surface area contributed by atoms with Gasteiger partial charge in [-0.1, -0.05) is 84.1 Å². The van der Waals surface area contributed by atoms with Crippen LogP contribution in [0.3, 0.4) is 0 Å². The van der Waals surface area contributed by atoms with Crippen molar-refractivity contribution in [3.63, 3.8) is 0 Å². The van der Waals surface area contributed by atoms with Crippen molar-refractivity contribution in [3.05, 3.63) is 102 Å². The van der Waals surface area contributed by atoms with Crippen LogP contribution in [0.2, 0.25) is 0 Å². The van der Waals surface area contributed by atoms with Crippen molar-refractivity contribution in [2.75, 3.05) is 11.4 Å². The number of benzene rings is 3. The number of anilines is 1. The minimum atomic E-state index is -0.966. The van der Waals surface area contributed by atoms with E-state index in [1.165, 1.54) is 10.0 Å². The van der Waals surface area contributed by atoms with E-state index in [2.05, 4.69) is 10.3 Å². The van der Waals surface area contributed by atoms with Gasteiger partial charge in [0.05, 0.1) is 17.4 Å². The van der Waals surface area contributed by atoms with Crippen molar-refractivity contribution in [3.8, 4) is 0 Å². The van der Waals surface area contributed by atoms with Crippen LogP contribution in [-0.4, -0.2) is 52.1 Å². The molecule has 0 aliphatic carbocycles. The molecule has 1 saturated heterocycles. The van der Waals surface area contributed by atoms with Gasteiger partial charge < -0.3 is 0 Å². The van der Waals surface area contributed by atoms with Gasteiger partial charge in [-0.2, -0.15) is 10.2 Å². The summed E-state index contributed by atoms with van der Waals surface area (Å²) >= 11 is 0. The quantitative estimate of drug-likeness (QED) is 0.508. The first-order chi connectivity index (χ1) is 18.0. The summed E-state index contributed by atoms with van der Waals surface area (Å²) in [4.78, 5) is 41.2. The fourth-order valence-corrected chi connectivity index (χ4v) is 5.10. The molecule has 1 fully saturated rings. The standard InChI is InChI=1S/C28H24N6O3/c1-18-10-8-9-15-22(18)33-27(36)25-26(28(33)37)32(31-29-25)17-24(35)34-23(20-13-6-3-7-14-20)16-21(30-34)19-11-4-2-5-12-19/h2-15,23,25-26H,16-17H2,1H3/t23-,25-,26-/m1/s1. The van der Waals surface area contributed by atoms with E-state index < -0.39 is 23.9 Å². The summed E-state index contributed by atoms with van der Waals surface area (Å²) in [5.41, 5.74) is 4.04. The predicted octanol–water partition coefficient (Wildman–Crippen LogP) is 3.67. The third-order valence-corrected chi connectivity index (χ3v) is 6.97. The normalized spacial score (nSPS) is 22.6. The van der Waals surface area contributed by atoms with Gasteiger partial charge in [0.1, 0.15) is 6.54 Å². The Labute approximate surface area is 213 Å². The van der Waals surface area contributed by atoms with Gasteiger partial charge >= 0.3 is 0 Å². The number of nitrogens with zero attached hydrogens (tertiary/aromatic N) is 6. The summed E-state index contributed by atoms with van der Waals surface area (Å²) in [5.74, 6) is -1.19. The van der Waals surface area contributed by atoms with E-state index in [0.29, 0.717) is 12.1 Å². The van der Waals surface area contributed by atoms with Crippen LogP contribution < -0.4 is 4.90 Å². The van der Waals surface area contributed by atoms with Gasteiger partial charge in [-0.05, 0) is 29.7 Å². The maximum absolute atomic E-state index is 13.6. The molecule has 0 spiro atoms. The SMILES string of the molecule is Cc1ccccc1N1C(=O)[C@@H]2N=NN(CC(=O)N3N=C(c4ccccc4)C[C@@H]3c3ccccc3)[C@H]2C1=O. The fraction of sp³-hybridized carbons (Fsp3) is 0.214. The number of carbonyl (C=O) groups excluding carboxylic acids is 3. The average Bonchev–Trinajstić information content (AvgIpc) is 3.61. The van der Waals surface area contributed by atoms with E-state index in [4.69, 9.17) is 5.10 Å². The maximum atomic E-state index is 13.6. The molecule has 3 heterocycles. The van der Waals surface area contributed by atoms with Crippen LogP contribution in [0.15, 0.2) is 100 Å². The lowest BCUT2D eigenvalue weighted by Crippen LogP contribution is -2.44. The minimum absolute atomic E-state index is 0.222. The van der Waals surface area contributed by atoms with Crippen LogP contribution >= 0.6 is 0 Å². The number of aryl methyl sites for hydroxylation is 1. The van der Waals surface area contributed by atoms with E-state index in [1.54, 1.807) is 12.1 Å². The molecule has 9 heteroatoms. The molecule has 3 atom stereocenters. The topological polar surface area (TPSA) is 98.0 Å². The lowest BCUT2D eigenvalue weighted by atomic mass is 9.98. The summed E-state index contributed by atoms with van der Waals surface area (Å²) in [6.07, 6.45) is 0.561. The minimum Gasteiger partial charge on any atom is -0.271 e. The van der Waals surface area contributed by atoms with Gasteiger partial charge in [-0.3, -0.25) is 19.4 Å². The molecule has 0 aromatic heterocycles. The molecule has 0 bridgehead atoms. The molecule has 0 N–H and O–H groups in total. The molecular formula is C28H24N6O3. The van der Waals surface area contributed by atoms with Crippen LogP contribution in [0, 0.1) is 6.92 Å². The highest BCUT2D eigenvalue weighted by Crippen LogP contribution is 2.35. The Kier molecular flexibility index (Phi) is 5.60. The maximum Gasteiger partial charge on any atom is 0.264 e. The largest absolute Gasteiger partial charge is 0.271 e. The van der Waals surface area contributed by atoms with Crippen LogP contribution in [0.4, 0.5) is 5.69 Å². The Morgan fingerprint density at radius 3 is 2.30 bits per heavy atom. The Hall–Kier alpha value is -4.66. The molecule has 9 nitrogen and oxygen atoms in total. The van der Waals surface area contributed by atoms with Gasteiger partial charge in [-0.15, -0.1) is 0 Å². The number of imide groups is 1. The summed E-state index contributed by atoms with van der Waals surface area (Å²) in [7, 11) is 0. The summed E-state index contributed by atoms with van der Waals surface area (Å²) in [6.45, 7) is 1.62. The Balaban J connectivity index is 1.26.